The summed E-state index contributed by atoms with van der Waals surface area (Å²) in [5.74, 6) is -0.311. The van der Waals surface area contributed by atoms with Crippen molar-refractivity contribution in [2.45, 2.75) is 56.4 Å². The van der Waals surface area contributed by atoms with Crippen molar-refractivity contribution in [1.82, 2.24) is 20.3 Å². The lowest BCUT2D eigenvalue weighted by Gasteiger charge is -2.24. The van der Waals surface area contributed by atoms with Crippen molar-refractivity contribution in [3.05, 3.63) is 11.9 Å². The Hall–Kier alpha value is -2.00. The molecule has 9 heteroatoms. The quantitative estimate of drug-likeness (QED) is 0.774. The van der Waals surface area contributed by atoms with Crippen LogP contribution in [0.2, 0.25) is 0 Å². The number of methoxy groups -OCH3 is 1. The number of esters is 1. The lowest BCUT2D eigenvalue weighted by Crippen LogP contribution is -2.46. The summed E-state index contributed by atoms with van der Waals surface area (Å²) in [4.78, 5) is 24.0. The zero-order valence-corrected chi connectivity index (χ0v) is 14.8. The Labute approximate surface area is 151 Å². The molecule has 1 saturated carbocycles. The zero-order chi connectivity index (χ0) is 18.1. The van der Waals surface area contributed by atoms with E-state index >= 15 is 0 Å². The van der Waals surface area contributed by atoms with Gasteiger partial charge in [-0.15, -0.1) is 5.10 Å². The van der Waals surface area contributed by atoms with Gasteiger partial charge in [-0.05, 0) is 12.8 Å². The minimum absolute atomic E-state index is 0.109. The summed E-state index contributed by atoms with van der Waals surface area (Å²) in [6.45, 7) is 0.817. The number of aromatic nitrogens is 3. The Morgan fingerprint density at radius 1 is 1.19 bits per heavy atom. The number of carbonyl (C=O) groups is 2. The zero-order valence-electron chi connectivity index (χ0n) is 14.8. The lowest BCUT2D eigenvalue weighted by molar-refractivity contribution is -0.127. The number of rotatable bonds is 4. The molecule has 2 aliphatic heterocycles. The number of nitrogens with one attached hydrogen (secondary N) is 1. The number of hydrogen-bond donors (Lipinski definition) is 1. The minimum Gasteiger partial charge on any atom is -0.464 e. The molecule has 3 aliphatic rings. The van der Waals surface area contributed by atoms with E-state index < -0.39 is 5.97 Å². The molecule has 1 amide bonds. The fourth-order valence-corrected chi connectivity index (χ4v) is 4.13. The van der Waals surface area contributed by atoms with E-state index in [2.05, 4.69) is 20.4 Å². The first-order chi connectivity index (χ1) is 12.7. The Morgan fingerprint density at radius 3 is 2.73 bits per heavy atom. The smallest absolute Gasteiger partial charge is 0.360 e. The Morgan fingerprint density at radius 2 is 1.96 bits per heavy atom. The molecule has 0 radical (unpaired) electrons. The summed E-state index contributed by atoms with van der Waals surface area (Å²) in [6.07, 6.45) is 6.50. The topological polar surface area (TPSA) is 105 Å². The Kier molecular flexibility index (Phi) is 4.90. The van der Waals surface area contributed by atoms with Crippen molar-refractivity contribution in [2.24, 2.45) is 5.92 Å². The predicted octanol–water partition coefficient (Wildman–Crippen LogP) is 0.468. The van der Waals surface area contributed by atoms with Crippen LogP contribution < -0.4 is 5.32 Å². The molecule has 142 valence electrons. The molecule has 3 fully saturated rings. The monoisotopic (exact) mass is 364 g/mol. The highest BCUT2D eigenvalue weighted by Crippen LogP contribution is 2.34. The number of nitrogens with zero attached hydrogens (tertiary/aromatic N) is 3. The normalized spacial score (nSPS) is 31.6. The highest BCUT2D eigenvalue weighted by molar-refractivity contribution is 5.86. The summed E-state index contributed by atoms with van der Waals surface area (Å²) in [7, 11) is 1.30. The number of fused-ring (bicyclic) bond motifs is 1. The first-order valence-corrected chi connectivity index (χ1v) is 9.21. The molecule has 0 aromatic carbocycles. The van der Waals surface area contributed by atoms with E-state index in [0.29, 0.717) is 13.2 Å². The molecular weight excluding hydrogens is 340 g/mol. The fraction of sp³-hybridized carbons (Fsp3) is 0.765. The number of ether oxygens (including phenoxy) is 3. The van der Waals surface area contributed by atoms with Crippen molar-refractivity contribution < 1.29 is 23.8 Å². The van der Waals surface area contributed by atoms with Gasteiger partial charge in [0, 0.05) is 5.92 Å². The standard InChI is InChI=1S/C17H24N4O5/c1-24-17(23)11-7-21(20-19-11)13-9-26-14-12(8-25-15(13)14)18-16(22)10-5-3-2-4-6-10/h7,10,12-15H,2-6,8-9H2,1H3,(H,18,22)/t12-,13+,14-,15+/m0/s1. The number of carbonyl (C=O) groups excluding carboxylic acids is 2. The van der Waals surface area contributed by atoms with Crippen molar-refractivity contribution in [1.29, 1.82) is 0 Å². The van der Waals surface area contributed by atoms with Gasteiger partial charge in [0.25, 0.3) is 0 Å². The fourth-order valence-electron chi connectivity index (χ4n) is 4.13. The van der Waals surface area contributed by atoms with Crippen LogP contribution in [0.5, 0.6) is 0 Å². The van der Waals surface area contributed by atoms with E-state index in [9.17, 15) is 9.59 Å². The number of amides is 1. The van der Waals surface area contributed by atoms with Crippen molar-refractivity contribution >= 4 is 11.9 Å². The van der Waals surface area contributed by atoms with Gasteiger partial charge in [0.2, 0.25) is 5.91 Å². The van der Waals surface area contributed by atoms with Crippen LogP contribution in [0.3, 0.4) is 0 Å². The third-order valence-corrected chi connectivity index (χ3v) is 5.58. The van der Waals surface area contributed by atoms with Crippen molar-refractivity contribution in [2.75, 3.05) is 20.3 Å². The first-order valence-electron chi connectivity index (χ1n) is 9.21. The molecular formula is C17H24N4O5. The summed E-state index contributed by atoms with van der Waals surface area (Å²) in [6, 6.07) is -0.328. The molecule has 0 bridgehead atoms. The molecule has 0 unspecified atom stereocenters. The summed E-state index contributed by atoms with van der Waals surface area (Å²) < 4.78 is 18.0. The van der Waals surface area contributed by atoms with Crippen LogP contribution in [0.4, 0.5) is 0 Å². The molecule has 1 aliphatic carbocycles. The van der Waals surface area contributed by atoms with Crippen LogP contribution in [0.1, 0.15) is 48.6 Å². The minimum atomic E-state index is -0.531. The molecule has 1 aromatic heterocycles. The van der Waals surface area contributed by atoms with E-state index in [1.807, 2.05) is 0 Å². The van der Waals surface area contributed by atoms with Crippen LogP contribution in [0.25, 0.3) is 0 Å². The average Bonchev–Trinajstić information content (AvgIpc) is 3.39. The van der Waals surface area contributed by atoms with Gasteiger partial charge in [-0.1, -0.05) is 24.5 Å². The molecule has 9 nitrogen and oxygen atoms in total. The summed E-state index contributed by atoms with van der Waals surface area (Å²) in [5, 5.41) is 11.0. The molecule has 0 spiro atoms. The van der Waals surface area contributed by atoms with Gasteiger partial charge in [0.1, 0.15) is 18.2 Å². The molecule has 2 saturated heterocycles. The van der Waals surface area contributed by atoms with Crippen LogP contribution in [0.15, 0.2) is 6.20 Å². The van der Waals surface area contributed by atoms with Crippen LogP contribution in [0, 0.1) is 5.92 Å². The lowest BCUT2D eigenvalue weighted by atomic mass is 9.88. The van der Waals surface area contributed by atoms with Gasteiger partial charge in [0.05, 0.1) is 32.6 Å². The van der Waals surface area contributed by atoms with Gasteiger partial charge >= 0.3 is 5.97 Å². The molecule has 3 heterocycles. The maximum atomic E-state index is 12.5. The van der Waals surface area contributed by atoms with Crippen molar-refractivity contribution in [3.8, 4) is 0 Å². The second kappa shape index (κ2) is 7.32. The van der Waals surface area contributed by atoms with Gasteiger partial charge in [-0.25, -0.2) is 9.48 Å². The molecule has 26 heavy (non-hydrogen) atoms. The van der Waals surface area contributed by atoms with Crippen LogP contribution in [-0.2, 0) is 19.0 Å². The predicted molar refractivity (Wildman–Crippen MR) is 88.4 cm³/mol. The second-order valence-electron chi connectivity index (χ2n) is 7.19. The van der Waals surface area contributed by atoms with E-state index in [4.69, 9.17) is 9.47 Å². The second-order valence-corrected chi connectivity index (χ2v) is 7.19. The molecule has 4 atom stereocenters. The SMILES string of the molecule is COC(=O)c1cn([C@@H]2CO[C@@H]3[C@@H]2OC[C@@H]3NC(=O)C2CCCCC2)nn1. The van der Waals surface area contributed by atoms with E-state index in [0.717, 1.165) is 25.7 Å². The van der Waals surface area contributed by atoms with E-state index in [1.165, 1.54) is 13.5 Å². The van der Waals surface area contributed by atoms with E-state index in [1.54, 1.807) is 10.9 Å². The highest BCUT2D eigenvalue weighted by atomic mass is 16.6. The van der Waals surface area contributed by atoms with Crippen LogP contribution >= 0.6 is 0 Å². The maximum absolute atomic E-state index is 12.5. The van der Waals surface area contributed by atoms with Gasteiger partial charge in [-0.3, -0.25) is 4.79 Å². The third-order valence-electron chi connectivity index (χ3n) is 5.58. The first kappa shape index (κ1) is 17.4. The maximum Gasteiger partial charge on any atom is 0.360 e. The largest absolute Gasteiger partial charge is 0.464 e. The van der Waals surface area contributed by atoms with Gasteiger partial charge in [0.15, 0.2) is 5.69 Å². The highest BCUT2D eigenvalue weighted by Gasteiger charge is 2.49. The van der Waals surface area contributed by atoms with Crippen LogP contribution in [-0.4, -0.2) is 65.4 Å². The summed E-state index contributed by atoms with van der Waals surface area (Å²) in [5.41, 5.74) is 0.149. The molecule has 1 N–H and O–H groups in total. The van der Waals surface area contributed by atoms with Gasteiger partial charge in [-0.2, -0.15) is 0 Å². The summed E-state index contributed by atoms with van der Waals surface area (Å²) >= 11 is 0. The van der Waals surface area contributed by atoms with E-state index in [-0.39, 0.29) is 41.8 Å². The van der Waals surface area contributed by atoms with Gasteiger partial charge < -0.3 is 19.5 Å². The van der Waals surface area contributed by atoms with Crippen molar-refractivity contribution in [3.63, 3.8) is 0 Å². The molecule has 4 rings (SSSR count). The molecule has 1 aromatic rings. The average molecular weight is 364 g/mol. The Balaban J connectivity index is 1.38. The Bertz CT molecular complexity index is 672. The third kappa shape index (κ3) is 3.21. The number of hydrogen-bond acceptors (Lipinski definition) is 7.